The lowest BCUT2D eigenvalue weighted by Crippen LogP contribution is -2.25. The molecule has 0 heterocycles. The van der Waals surface area contributed by atoms with Gasteiger partial charge >= 0.3 is 5.97 Å². The van der Waals surface area contributed by atoms with Gasteiger partial charge in [0, 0.05) is 5.92 Å². The average molecular weight is 230 g/mol. The zero-order chi connectivity index (χ0) is 12.0. The van der Waals surface area contributed by atoms with Crippen LogP contribution in [0.5, 0.6) is 5.75 Å². The van der Waals surface area contributed by atoms with E-state index in [-0.39, 0.29) is 23.5 Å². The summed E-state index contributed by atoms with van der Waals surface area (Å²) in [6, 6.07) is 6.99. The second-order valence-corrected chi connectivity index (χ2v) is 4.93. The maximum Gasteiger partial charge on any atom is 0.307 e. The molecule has 4 unspecified atom stereocenters. The number of phenolic OH excluding ortho intramolecular Hbond substituents is 1. The van der Waals surface area contributed by atoms with Crippen LogP contribution in [-0.4, -0.2) is 16.2 Å². The van der Waals surface area contributed by atoms with Gasteiger partial charge in [-0.2, -0.15) is 0 Å². The number of fused-ring (bicyclic) bond motifs is 2. The number of phenols is 1. The fourth-order valence-corrected chi connectivity index (χ4v) is 3.35. The number of rotatable bonds is 2. The zero-order valence-electron chi connectivity index (χ0n) is 9.28. The number of hydrogen-bond acceptors (Lipinski definition) is 2. The molecular formula is C14H14O3. The molecule has 2 N–H and O–H groups in total. The van der Waals surface area contributed by atoms with Crippen LogP contribution in [0.1, 0.15) is 17.9 Å². The van der Waals surface area contributed by atoms with Gasteiger partial charge in [0.1, 0.15) is 5.75 Å². The topological polar surface area (TPSA) is 57.5 Å². The van der Waals surface area contributed by atoms with E-state index in [1.165, 1.54) is 0 Å². The van der Waals surface area contributed by atoms with Crippen LogP contribution in [0, 0.1) is 17.8 Å². The van der Waals surface area contributed by atoms with Gasteiger partial charge < -0.3 is 10.2 Å². The molecule has 0 aromatic heterocycles. The molecule has 3 heteroatoms. The lowest BCUT2D eigenvalue weighted by atomic mass is 9.78. The molecule has 0 saturated heterocycles. The number of aliphatic carboxylic acids is 1. The molecule has 1 fully saturated rings. The first-order valence-corrected chi connectivity index (χ1v) is 5.87. The number of benzene rings is 1. The lowest BCUT2D eigenvalue weighted by molar-refractivity contribution is -0.143. The molecule has 1 aromatic rings. The maximum atomic E-state index is 11.4. The smallest absolute Gasteiger partial charge is 0.307 e. The maximum absolute atomic E-state index is 11.4. The summed E-state index contributed by atoms with van der Waals surface area (Å²) in [5, 5.41) is 18.8. The first kappa shape index (κ1) is 10.4. The van der Waals surface area contributed by atoms with Crippen molar-refractivity contribution in [1.82, 2.24) is 0 Å². The van der Waals surface area contributed by atoms with E-state index in [1.807, 2.05) is 12.1 Å². The van der Waals surface area contributed by atoms with Gasteiger partial charge in [0.05, 0.1) is 5.92 Å². The summed E-state index contributed by atoms with van der Waals surface area (Å²) in [5.74, 6) is -0.386. The van der Waals surface area contributed by atoms with Crippen LogP contribution in [0.3, 0.4) is 0 Å². The lowest BCUT2D eigenvalue weighted by Gasteiger charge is -2.25. The summed E-state index contributed by atoms with van der Waals surface area (Å²) in [7, 11) is 0. The normalized spacial score (nSPS) is 34.1. The van der Waals surface area contributed by atoms with Crippen molar-refractivity contribution in [2.24, 2.45) is 17.8 Å². The molecule has 3 rings (SSSR count). The molecular weight excluding hydrogens is 216 g/mol. The summed E-state index contributed by atoms with van der Waals surface area (Å²) in [5.41, 5.74) is 0.939. The van der Waals surface area contributed by atoms with Crippen LogP contribution in [0.15, 0.2) is 36.4 Å². The van der Waals surface area contributed by atoms with Crippen molar-refractivity contribution < 1.29 is 15.0 Å². The van der Waals surface area contributed by atoms with Gasteiger partial charge in [0.15, 0.2) is 0 Å². The van der Waals surface area contributed by atoms with Gasteiger partial charge in [-0.05, 0) is 36.0 Å². The predicted octanol–water partition coefficient (Wildman–Crippen LogP) is 2.38. The van der Waals surface area contributed by atoms with E-state index < -0.39 is 5.97 Å². The Kier molecular flexibility index (Phi) is 2.21. The fraction of sp³-hybridized carbons (Fsp3) is 0.357. The van der Waals surface area contributed by atoms with Crippen molar-refractivity contribution in [3.05, 3.63) is 42.0 Å². The number of carboxylic acids is 1. The number of allylic oxidation sites excluding steroid dienone is 2. The Morgan fingerprint density at radius 2 is 2.00 bits per heavy atom. The Labute approximate surface area is 99.4 Å². The van der Waals surface area contributed by atoms with Crippen molar-refractivity contribution in [3.8, 4) is 5.75 Å². The molecule has 0 radical (unpaired) electrons. The highest BCUT2D eigenvalue weighted by Gasteiger charge is 2.48. The van der Waals surface area contributed by atoms with E-state index in [4.69, 9.17) is 0 Å². The van der Waals surface area contributed by atoms with Gasteiger partial charge in [-0.25, -0.2) is 0 Å². The Balaban J connectivity index is 2.02. The Morgan fingerprint density at radius 1 is 1.24 bits per heavy atom. The fourth-order valence-electron chi connectivity index (χ4n) is 3.35. The van der Waals surface area contributed by atoms with E-state index in [1.54, 1.807) is 18.2 Å². The minimum atomic E-state index is -0.727. The van der Waals surface area contributed by atoms with Gasteiger partial charge in [-0.3, -0.25) is 4.79 Å². The molecule has 4 atom stereocenters. The summed E-state index contributed by atoms with van der Waals surface area (Å²) >= 11 is 0. The molecule has 1 saturated carbocycles. The second-order valence-electron chi connectivity index (χ2n) is 4.93. The average Bonchev–Trinajstić information content (AvgIpc) is 2.88. The zero-order valence-corrected chi connectivity index (χ0v) is 9.28. The number of aromatic hydroxyl groups is 1. The standard InChI is InChI=1S/C14H14O3/c15-11-3-1-2-8(7-11)12-9-4-5-10(6-9)13(12)14(16)17/h1-5,7,9-10,12-13,15H,6H2,(H,16,17). The van der Waals surface area contributed by atoms with Crippen LogP contribution >= 0.6 is 0 Å². The third-order valence-corrected chi connectivity index (χ3v) is 4.00. The van der Waals surface area contributed by atoms with Gasteiger partial charge in [-0.15, -0.1) is 0 Å². The summed E-state index contributed by atoms with van der Waals surface area (Å²) in [4.78, 5) is 11.4. The van der Waals surface area contributed by atoms with Crippen LogP contribution in [-0.2, 0) is 4.79 Å². The van der Waals surface area contributed by atoms with Gasteiger partial charge in [0.25, 0.3) is 0 Å². The van der Waals surface area contributed by atoms with Crippen LogP contribution in [0.25, 0.3) is 0 Å². The molecule has 2 aliphatic rings. The molecule has 0 spiro atoms. The van der Waals surface area contributed by atoms with Crippen LogP contribution < -0.4 is 0 Å². The SMILES string of the molecule is O=C(O)C1C2C=CC(C2)C1c1cccc(O)c1. The van der Waals surface area contributed by atoms with Crippen LogP contribution in [0.4, 0.5) is 0 Å². The highest BCUT2D eigenvalue weighted by molar-refractivity contribution is 5.73. The highest BCUT2D eigenvalue weighted by atomic mass is 16.4. The van der Waals surface area contributed by atoms with Crippen molar-refractivity contribution in [2.45, 2.75) is 12.3 Å². The molecule has 0 aliphatic heterocycles. The largest absolute Gasteiger partial charge is 0.508 e. The van der Waals surface area contributed by atoms with E-state index in [9.17, 15) is 15.0 Å². The molecule has 17 heavy (non-hydrogen) atoms. The van der Waals surface area contributed by atoms with E-state index in [0.717, 1.165) is 12.0 Å². The summed E-state index contributed by atoms with van der Waals surface area (Å²) < 4.78 is 0. The molecule has 1 aromatic carbocycles. The number of carbonyl (C=O) groups is 1. The first-order chi connectivity index (χ1) is 8.16. The Hall–Kier alpha value is -1.77. The number of carboxylic acid groups (broad SMARTS) is 1. The van der Waals surface area contributed by atoms with Crippen LogP contribution in [0.2, 0.25) is 0 Å². The van der Waals surface area contributed by atoms with Gasteiger partial charge in [-0.1, -0.05) is 24.3 Å². The minimum absolute atomic E-state index is 0.00889. The third kappa shape index (κ3) is 1.54. The Morgan fingerprint density at radius 3 is 2.71 bits per heavy atom. The van der Waals surface area contributed by atoms with Crippen molar-refractivity contribution in [3.63, 3.8) is 0 Å². The van der Waals surface area contributed by atoms with Gasteiger partial charge in [0.2, 0.25) is 0 Å². The first-order valence-electron chi connectivity index (χ1n) is 5.87. The third-order valence-electron chi connectivity index (χ3n) is 4.00. The second kappa shape index (κ2) is 3.62. The quantitative estimate of drug-likeness (QED) is 0.767. The molecule has 3 nitrogen and oxygen atoms in total. The number of hydrogen-bond donors (Lipinski definition) is 2. The molecule has 0 amide bonds. The van der Waals surface area contributed by atoms with Crippen molar-refractivity contribution in [1.29, 1.82) is 0 Å². The van der Waals surface area contributed by atoms with Crippen molar-refractivity contribution in [2.75, 3.05) is 0 Å². The predicted molar refractivity (Wildman–Crippen MR) is 62.7 cm³/mol. The van der Waals surface area contributed by atoms with E-state index in [2.05, 4.69) is 6.08 Å². The van der Waals surface area contributed by atoms with Crippen molar-refractivity contribution >= 4 is 5.97 Å². The summed E-state index contributed by atoms with van der Waals surface area (Å²) in [6.07, 6.45) is 5.08. The van der Waals surface area contributed by atoms with E-state index in [0.29, 0.717) is 5.92 Å². The highest BCUT2D eigenvalue weighted by Crippen LogP contribution is 2.53. The molecule has 2 aliphatic carbocycles. The minimum Gasteiger partial charge on any atom is -0.508 e. The Bertz CT molecular complexity index is 492. The molecule has 88 valence electrons. The monoisotopic (exact) mass is 230 g/mol. The molecule has 2 bridgehead atoms. The van der Waals surface area contributed by atoms with E-state index >= 15 is 0 Å². The summed E-state index contributed by atoms with van der Waals surface area (Å²) in [6.45, 7) is 0.